The van der Waals surface area contributed by atoms with Gasteiger partial charge in [-0.25, -0.2) is 4.79 Å². The van der Waals surface area contributed by atoms with Gasteiger partial charge >= 0.3 is 12.1 Å². The topological polar surface area (TPSA) is 75.6 Å². The van der Waals surface area contributed by atoms with Crippen molar-refractivity contribution in [2.24, 2.45) is 5.92 Å². The lowest BCUT2D eigenvalue weighted by Crippen LogP contribution is -2.44. The van der Waals surface area contributed by atoms with E-state index in [1.807, 2.05) is 20.8 Å². The van der Waals surface area contributed by atoms with Crippen LogP contribution in [0.3, 0.4) is 0 Å². The average molecular weight is 257 g/mol. The Balaban J connectivity index is 2.51. The first kappa shape index (κ1) is 14.8. The Labute approximate surface area is 108 Å². The van der Waals surface area contributed by atoms with E-state index in [1.165, 1.54) is 0 Å². The molecule has 2 atom stereocenters. The molecule has 0 bridgehead atoms. The summed E-state index contributed by atoms with van der Waals surface area (Å²) >= 11 is 0. The standard InChI is InChI=1S/C13H23NO4/c1-13(2,3)18-12(17)14-10-7-5-4-6-9(10)8-11(15)16/h9-10H,4-8H2,1-3H3,(H,14,17)(H,15,16)/t9-,10+/m1/s1. The minimum Gasteiger partial charge on any atom is -0.481 e. The number of hydrogen-bond donors (Lipinski definition) is 2. The third-order valence-corrected chi connectivity index (χ3v) is 3.05. The molecule has 1 fully saturated rings. The van der Waals surface area contributed by atoms with Gasteiger partial charge in [-0.15, -0.1) is 0 Å². The number of carboxylic acids is 1. The van der Waals surface area contributed by atoms with Crippen LogP contribution in [0, 0.1) is 5.92 Å². The van der Waals surface area contributed by atoms with Gasteiger partial charge in [0.05, 0.1) is 6.42 Å². The Hall–Kier alpha value is -1.26. The molecule has 5 nitrogen and oxygen atoms in total. The first-order valence-electron chi connectivity index (χ1n) is 6.49. The fourth-order valence-corrected chi connectivity index (χ4v) is 2.33. The van der Waals surface area contributed by atoms with Crippen LogP contribution in [0.25, 0.3) is 0 Å². The summed E-state index contributed by atoms with van der Waals surface area (Å²) in [6.45, 7) is 5.42. The molecule has 1 saturated carbocycles. The van der Waals surface area contributed by atoms with Crippen molar-refractivity contribution in [1.82, 2.24) is 5.32 Å². The second kappa shape index (κ2) is 6.07. The lowest BCUT2D eigenvalue weighted by atomic mass is 9.82. The van der Waals surface area contributed by atoms with E-state index in [9.17, 15) is 9.59 Å². The molecular formula is C13H23NO4. The first-order chi connectivity index (χ1) is 8.28. The molecule has 1 rings (SSSR count). The number of rotatable bonds is 3. The highest BCUT2D eigenvalue weighted by Crippen LogP contribution is 2.27. The van der Waals surface area contributed by atoms with E-state index in [0.29, 0.717) is 0 Å². The Kier molecular flexibility index (Phi) is 4.99. The van der Waals surface area contributed by atoms with Crippen LogP contribution >= 0.6 is 0 Å². The SMILES string of the molecule is CC(C)(C)OC(=O)N[C@H]1CCCC[C@@H]1CC(=O)O. The summed E-state index contributed by atoms with van der Waals surface area (Å²) in [5, 5.41) is 11.7. The quantitative estimate of drug-likeness (QED) is 0.814. The van der Waals surface area contributed by atoms with Crippen molar-refractivity contribution in [3.63, 3.8) is 0 Å². The van der Waals surface area contributed by atoms with Crippen molar-refractivity contribution in [2.75, 3.05) is 0 Å². The molecule has 1 aliphatic carbocycles. The van der Waals surface area contributed by atoms with Crippen molar-refractivity contribution in [2.45, 2.75) is 64.5 Å². The molecule has 104 valence electrons. The van der Waals surface area contributed by atoms with Crippen LogP contribution in [-0.4, -0.2) is 28.8 Å². The first-order valence-corrected chi connectivity index (χ1v) is 6.49. The summed E-state index contributed by atoms with van der Waals surface area (Å²) in [6, 6.07) is -0.0790. The molecule has 0 spiro atoms. The van der Waals surface area contributed by atoms with Crippen LogP contribution in [-0.2, 0) is 9.53 Å². The van der Waals surface area contributed by atoms with Crippen LogP contribution in [0.15, 0.2) is 0 Å². The molecule has 0 aromatic carbocycles. The zero-order valence-corrected chi connectivity index (χ0v) is 11.4. The van der Waals surface area contributed by atoms with E-state index in [1.54, 1.807) is 0 Å². The van der Waals surface area contributed by atoms with Crippen molar-refractivity contribution in [1.29, 1.82) is 0 Å². The summed E-state index contributed by atoms with van der Waals surface area (Å²) in [5.74, 6) is -0.790. The Morgan fingerprint density at radius 3 is 2.44 bits per heavy atom. The zero-order valence-electron chi connectivity index (χ0n) is 11.4. The van der Waals surface area contributed by atoms with Gasteiger partial charge in [-0.3, -0.25) is 4.79 Å². The summed E-state index contributed by atoms with van der Waals surface area (Å²) in [6.07, 6.45) is 3.40. The molecule has 1 aliphatic rings. The van der Waals surface area contributed by atoms with E-state index in [-0.39, 0.29) is 18.4 Å². The third-order valence-electron chi connectivity index (χ3n) is 3.05. The molecule has 2 N–H and O–H groups in total. The monoisotopic (exact) mass is 257 g/mol. The third kappa shape index (κ3) is 5.38. The summed E-state index contributed by atoms with van der Waals surface area (Å²) in [5.41, 5.74) is -0.527. The Bertz CT molecular complexity index is 309. The molecule has 18 heavy (non-hydrogen) atoms. The fraction of sp³-hybridized carbons (Fsp3) is 0.846. The number of nitrogens with one attached hydrogen (secondary N) is 1. The molecular weight excluding hydrogens is 234 g/mol. The minimum atomic E-state index is -0.808. The molecule has 5 heteroatoms. The van der Waals surface area contributed by atoms with E-state index in [0.717, 1.165) is 25.7 Å². The number of alkyl carbamates (subject to hydrolysis) is 1. The van der Waals surface area contributed by atoms with Gasteiger partial charge in [0.1, 0.15) is 5.60 Å². The normalized spacial score (nSPS) is 24.4. The second-order valence-electron chi connectivity index (χ2n) is 5.90. The predicted octanol–water partition coefficient (Wildman–Crippen LogP) is 2.54. The van der Waals surface area contributed by atoms with Crippen molar-refractivity contribution in [3.8, 4) is 0 Å². The Morgan fingerprint density at radius 2 is 1.89 bits per heavy atom. The highest BCUT2D eigenvalue weighted by Gasteiger charge is 2.29. The number of ether oxygens (including phenoxy) is 1. The van der Waals surface area contributed by atoms with Crippen LogP contribution in [0.4, 0.5) is 4.79 Å². The summed E-state index contributed by atoms with van der Waals surface area (Å²) in [7, 11) is 0. The predicted molar refractivity (Wildman–Crippen MR) is 67.4 cm³/mol. The van der Waals surface area contributed by atoms with Crippen molar-refractivity contribution >= 4 is 12.1 Å². The van der Waals surface area contributed by atoms with Crippen molar-refractivity contribution < 1.29 is 19.4 Å². The molecule has 0 heterocycles. The van der Waals surface area contributed by atoms with Crippen LogP contribution < -0.4 is 5.32 Å². The molecule has 0 aromatic rings. The number of carboxylic acid groups (broad SMARTS) is 1. The largest absolute Gasteiger partial charge is 0.481 e. The molecule has 0 saturated heterocycles. The maximum absolute atomic E-state index is 11.7. The number of carbonyl (C=O) groups is 2. The molecule has 0 unspecified atom stereocenters. The summed E-state index contributed by atoms with van der Waals surface area (Å²) < 4.78 is 5.20. The Morgan fingerprint density at radius 1 is 1.28 bits per heavy atom. The average Bonchev–Trinajstić information content (AvgIpc) is 2.17. The maximum Gasteiger partial charge on any atom is 0.407 e. The van der Waals surface area contributed by atoms with Gasteiger partial charge in [0, 0.05) is 6.04 Å². The maximum atomic E-state index is 11.7. The fourth-order valence-electron chi connectivity index (χ4n) is 2.33. The van der Waals surface area contributed by atoms with Gasteiger partial charge in [0.2, 0.25) is 0 Å². The van der Waals surface area contributed by atoms with Crippen LogP contribution in [0.2, 0.25) is 0 Å². The van der Waals surface area contributed by atoms with E-state index >= 15 is 0 Å². The second-order valence-corrected chi connectivity index (χ2v) is 5.90. The van der Waals surface area contributed by atoms with Crippen LogP contribution in [0.5, 0.6) is 0 Å². The van der Waals surface area contributed by atoms with Gasteiger partial charge < -0.3 is 15.2 Å². The zero-order chi connectivity index (χ0) is 13.8. The van der Waals surface area contributed by atoms with Gasteiger partial charge in [0.25, 0.3) is 0 Å². The lowest BCUT2D eigenvalue weighted by Gasteiger charge is -2.32. The number of amides is 1. The summed E-state index contributed by atoms with van der Waals surface area (Å²) in [4.78, 5) is 22.5. The minimum absolute atomic E-state index is 0.0174. The van der Waals surface area contributed by atoms with Gasteiger partial charge in [-0.2, -0.15) is 0 Å². The lowest BCUT2D eigenvalue weighted by molar-refractivity contribution is -0.138. The van der Waals surface area contributed by atoms with Gasteiger partial charge in [-0.05, 0) is 39.5 Å². The smallest absolute Gasteiger partial charge is 0.407 e. The molecule has 0 aromatic heterocycles. The van der Waals surface area contributed by atoms with Crippen LogP contribution in [0.1, 0.15) is 52.9 Å². The number of carbonyl (C=O) groups excluding carboxylic acids is 1. The molecule has 1 amide bonds. The van der Waals surface area contributed by atoms with Gasteiger partial charge in [0.15, 0.2) is 0 Å². The van der Waals surface area contributed by atoms with E-state index in [4.69, 9.17) is 9.84 Å². The van der Waals surface area contributed by atoms with E-state index in [2.05, 4.69) is 5.32 Å². The number of aliphatic carboxylic acids is 1. The molecule has 0 radical (unpaired) electrons. The van der Waals surface area contributed by atoms with E-state index < -0.39 is 17.7 Å². The van der Waals surface area contributed by atoms with Crippen molar-refractivity contribution in [3.05, 3.63) is 0 Å². The van der Waals surface area contributed by atoms with Gasteiger partial charge in [-0.1, -0.05) is 12.8 Å². The highest BCUT2D eigenvalue weighted by molar-refractivity contribution is 5.69. The molecule has 0 aliphatic heterocycles. The highest BCUT2D eigenvalue weighted by atomic mass is 16.6. The number of hydrogen-bond acceptors (Lipinski definition) is 3.